The third-order valence-electron chi connectivity index (χ3n) is 4.77. The van der Waals surface area contributed by atoms with Crippen molar-refractivity contribution in [2.24, 2.45) is 0 Å². The average molecular weight is 565 g/mol. The molecule has 2 aromatic rings. The van der Waals surface area contributed by atoms with Gasteiger partial charge in [0.05, 0.1) is 17.9 Å². The maximum atomic E-state index is 12.9. The third kappa shape index (κ3) is 10.6. The van der Waals surface area contributed by atoms with Crippen LogP contribution in [0.4, 0.5) is 13.2 Å². The van der Waals surface area contributed by atoms with Gasteiger partial charge >= 0.3 is 6.18 Å². The molecule has 2 rings (SSSR count). The lowest BCUT2D eigenvalue weighted by atomic mass is 10.1. The van der Waals surface area contributed by atoms with Crippen LogP contribution in [-0.4, -0.2) is 45.4 Å². The second-order valence-corrected chi connectivity index (χ2v) is 10.1. The van der Waals surface area contributed by atoms with Crippen molar-refractivity contribution in [1.82, 2.24) is 9.71 Å². The fourth-order valence-corrected chi connectivity index (χ4v) is 4.20. The molecule has 1 aromatic heterocycles. The Morgan fingerprint density at radius 2 is 1.92 bits per heavy atom. The molecule has 1 aromatic carbocycles. The van der Waals surface area contributed by atoms with E-state index in [1.165, 1.54) is 18.2 Å². The monoisotopic (exact) mass is 564 g/mol. The molecule has 0 fully saturated rings. The van der Waals surface area contributed by atoms with E-state index in [0.717, 1.165) is 12.5 Å². The summed E-state index contributed by atoms with van der Waals surface area (Å²) in [7, 11) is -2.24. The van der Waals surface area contributed by atoms with Gasteiger partial charge in [-0.05, 0) is 30.7 Å². The summed E-state index contributed by atoms with van der Waals surface area (Å²) in [5.74, 6) is -0.915. The molecule has 0 aliphatic carbocycles. The van der Waals surface area contributed by atoms with E-state index in [9.17, 15) is 26.4 Å². The van der Waals surface area contributed by atoms with Crippen LogP contribution in [0.3, 0.4) is 0 Å². The molecule has 13 heteroatoms. The van der Waals surface area contributed by atoms with Crippen LogP contribution in [-0.2, 0) is 25.7 Å². The number of pyridine rings is 1. The second-order valence-electron chi connectivity index (χ2n) is 7.83. The molecule has 0 saturated heterocycles. The van der Waals surface area contributed by atoms with E-state index >= 15 is 0 Å². The number of sulfonamides is 1. The van der Waals surface area contributed by atoms with Crippen molar-refractivity contribution < 1.29 is 40.6 Å². The number of unbranched alkanes of at least 4 members (excludes halogenated alkanes) is 2. The number of nitrogens with one attached hydrogen (secondary N) is 1. The molecule has 0 saturated carbocycles. The van der Waals surface area contributed by atoms with Gasteiger partial charge in [0.2, 0.25) is 15.9 Å². The van der Waals surface area contributed by atoms with Crippen LogP contribution in [0.5, 0.6) is 17.4 Å². The summed E-state index contributed by atoms with van der Waals surface area (Å²) in [6.07, 6.45) is 0.810. The molecule has 0 unspecified atom stereocenters. The van der Waals surface area contributed by atoms with Crippen molar-refractivity contribution in [3.05, 3.63) is 52.7 Å². The van der Waals surface area contributed by atoms with Crippen LogP contribution >= 0.6 is 11.6 Å². The Balaban J connectivity index is 2.27. The van der Waals surface area contributed by atoms with Crippen LogP contribution in [0, 0.1) is 0 Å². The Morgan fingerprint density at radius 1 is 1.16 bits per heavy atom. The van der Waals surface area contributed by atoms with Crippen molar-refractivity contribution >= 4 is 33.6 Å². The molecule has 8 nitrogen and oxygen atoms in total. The SMILES string of the molecule is CCCCCS(=O)(=O)NC(=O)C=Cc1ccc(OCCCOC)cc1Oc1ncc(C(F)(F)F)cc1Cl. The van der Waals surface area contributed by atoms with Gasteiger partial charge < -0.3 is 14.2 Å². The molecule has 0 radical (unpaired) electrons. The summed E-state index contributed by atoms with van der Waals surface area (Å²) in [6, 6.07) is 5.24. The normalized spacial score (nSPS) is 12.1. The highest BCUT2D eigenvalue weighted by atomic mass is 35.5. The molecule has 1 heterocycles. The highest BCUT2D eigenvalue weighted by molar-refractivity contribution is 7.90. The predicted octanol–water partition coefficient (Wildman–Crippen LogP) is 5.61. The Kier molecular flexibility index (Phi) is 11.7. The molecule has 0 bridgehead atoms. The number of hydrogen-bond acceptors (Lipinski definition) is 7. The van der Waals surface area contributed by atoms with E-state index in [0.29, 0.717) is 56.1 Å². The van der Waals surface area contributed by atoms with Crippen LogP contribution in [0.1, 0.15) is 43.7 Å². The van der Waals surface area contributed by atoms with Gasteiger partial charge in [0.25, 0.3) is 5.91 Å². The van der Waals surface area contributed by atoms with Gasteiger partial charge in [-0.1, -0.05) is 31.4 Å². The van der Waals surface area contributed by atoms with Crippen molar-refractivity contribution in [2.45, 2.75) is 38.8 Å². The first kappa shape index (κ1) is 30.4. The molecule has 0 aliphatic rings. The molecule has 37 heavy (non-hydrogen) atoms. The third-order valence-corrected chi connectivity index (χ3v) is 6.38. The topological polar surface area (TPSA) is 104 Å². The number of aromatic nitrogens is 1. The quantitative estimate of drug-likeness (QED) is 0.235. The van der Waals surface area contributed by atoms with Gasteiger partial charge in [0.1, 0.15) is 16.5 Å². The summed E-state index contributed by atoms with van der Waals surface area (Å²) in [4.78, 5) is 15.9. The molecule has 1 N–H and O–H groups in total. The number of amides is 1. The van der Waals surface area contributed by atoms with Crippen LogP contribution in [0.25, 0.3) is 6.08 Å². The van der Waals surface area contributed by atoms with E-state index in [4.69, 9.17) is 25.8 Å². The van der Waals surface area contributed by atoms with E-state index < -0.39 is 27.7 Å². The number of ether oxygens (including phenoxy) is 3. The predicted molar refractivity (Wildman–Crippen MR) is 133 cm³/mol. The van der Waals surface area contributed by atoms with E-state index in [1.54, 1.807) is 13.2 Å². The number of alkyl halides is 3. The van der Waals surface area contributed by atoms with Gasteiger partial charge in [-0.2, -0.15) is 13.2 Å². The maximum Gasteiger partial charge on any atom is 0.417 e. The first-order valence-electron chi connectivity index (χ1n) is 11.3. The molecular weight excluding hydrogens is 537 g/mol. The van der Waals surface area contributed by atoms with Crippen molar-refractivity contribution in [3.8, 4) is 17.4 Å². The van der Waals surface area contributed by atoms with Crippen LogP contribution < -0.4 is 14.2 Å². The smallest absolute Gasteiger partial charge is 0.417 e. The Labute approximate surface area is 218 Å². The molecular formula is C24H28ClF3N2O6S. The fraction of sp³-hybridized carbons (Fsp3) is 0.417. The van der Waals surface area contributed by atoms with Crippen LogP contribution in [0.2, 0.25) is 5.02 Å². The average Bonchev–Trinajstić information content (AvgIpc) is 2.81. The molecule has 0 spiro atoms. The number of hydrogen-bond donors (Lipinski definition) is 1. The van der Waals surface area contributed by atoms with E-state index in [-0.39, 0.29) is 22.4 Å². The molecule has 1 amide bonds. The highest BCUT2D eigenvalue weighted by Gasteiger charge is 2.32. The van der Waals surface area contributed by atoms with Crippen LogP contribution in [0.15, 0.2) is 36.5 Å². The number of carbonyl (C=O) groups is 1. The lowest BCUT2D eigenvalue weighted by molar-refractivity contribution is -0.137. The molecule has 204 valence electrons. The summed E-state index contributed by atoms with van der Waals surface area (Å²) in [5, 5.41) is -0.382. The van der Waals surface area contributed by atoms with Crippen molar-refractivity contribution in [1.29, 1.82) is 0 Å². The number of rotatable bonds is 14. The summed E-state index contributed by atoms with van der Waals surface area (Å²) >= 11 is 5.97. The minimum Gasteiger partial charge on any atom is -0.493 e. The Hall–Kier alpha value is -2.83. The van der Waals surface area contributed by atoms with Gasteiger partial charge in [0, 0.05) is 44.0 Å². The number of methoxy groups -OCH3 is 1. The summed E-state index contributed by atoms with van der Waals surface area (Å²) in [5.41, 5.74) is -0.752. The standard InChI is InChI=1S/C24H28ClF3N2O6S/c1-3-4-5-13-37(32,33)30-22(31)10-8-17-7-9-19(35-12-6-11-34-2)15-21(17)36-23-20(25)14-18(16-29-23)24(26,27)28/h7-10,14-16H,3-6,11-13H2,1-2H3,(H,30,31). The Morgan fingerprint density at radius 3 is 2.57 bits per heavy atom. The number of nitrogens with zero attached hydrogens (tertiary/aromatic N) is 1. The van der Waals surface area contributed by atoms with E-state index in [1.807, 2.05) is 11.6 Å². The number of benzene rings is 1. The summed E-state index contributed by atoms with van der Waals surface area (Å²) in [6.45, 7) is 2.72. The molecule has 0 aliphatic heterocycles. The second kappa shape index (κ2) is 14.2. The van der Waals surface area contributed by atoms with Gasteiger partial charge in [-0.25, -0.2) is 18.1 Å². The minimum absolute atomic E-state index is 0.0632. The zero-order chi connectivity index (χ0) is 27.5. The highest BCUT2D eigenvalue weighted by Crippen LogP contribution is 2.36. The fourth-order valence-electron chi connectivity index (χ4n) is 2.93. The maximum absolute atomic E-state index is 12.9. The number of halogens is 4. The van der Waals surface area contributed by atoms with Gasteiger partial charge in [-0.15, -0.1) is 0 Å². The zero-order valence-electron chi connectivity index (χ0n) is 20.3. The van der Waals surface area contributed by atoms with Crippen molar-refractivity contribution in [2.75, 3.05) is 26.1 Å². The first-order chi connectivity index (χ1) is 17.4. The molecule has 0 atom stereocenters. The van der Waals surface area contributed by atoms with Crippen molar-refractivity contribution in [3.63, 3.8) is 0 Å². The lowest BCUT2D eigenvalue weighted by Gasteiger charge is -2.13. The van der Waals surface area contributed by atoms with Gasteiger partial charge in [-0.3, -0.25) is 4.79 Å². The zero-order valence-corrected chi connectivity index (χ0v) is 21.9. The summed E-state index contributed by atoms with van der Waals surface area (Å²) < 4.78 is 81.1. The lowest BCUT2D eigenvalue weighted by Crippen LogP contribution is -2.31. The largest absolute Gasteiger partial charge is 0.493 e. The first-order valence-corrected chi connectivity index (χ1v) is 13.4. The van der Waals surface area contributed by atoms with E-state index in [2.05, 4.69) is 4.98 Å². The number of carbonyl (C=O) groups excluding carboxylic acids is 1. The Bertz CT molecular complexity index is 1190. The minimum atomic E-state index is -4.64. The van der Waals surface area contributed by atoms with Gasteiger partial charge in [0.15, 0.2) is 0 Å².